The fourth-order valence-electron chi connectivity index (χ4n) is 3.36. The molecule has 3 rings (SSSR count). The first-order valence-electron chi connectivity index (χ1n) is 9.01. The number of ether oxygens (including phenoxy) is 3. The first-order valence-corrected chi connectivity index (χ1v) is 9.01. The summed E-state index contributed by atoms with van der Waals surface area (Å²) in [6.45, 7) is 5.85. The first-order chi connectivity index (χ1) is 12.8. The molecule has 0 spiro atoms. The number of carbonyl (C=O) groups excluding carboxylic acids is 3. The molecular weight excluding hydrogens is 352 g/mol. The molecule has 3 unspecified atom stereocenters. The number of esters is 1. The van der Waals surface area contributed by atoms with Crippen molar-refractivity contribution in [3.63, 3.8) is 0 Å². The molecule has 0 aliphatic carbocycles. The third-order valence-corrected chi connectivity index (χ3v) is 4.48. The number of benzene rings is 1. The Labute approximate surface area is 158 Å². The fourth-order valence-corrected chi connectivity index (χ4v) is 3.36. The zero-order valence-corrected chi connectivity index (χ0v) is 15.7. The minimum absolute atomic E-state index is 0.0666. The van der Waals surface area contributed by atoms with Gasteiger partial charge in [-0.05, 0) is 32.9 Å². The molecule has 1 aromatic rings. The Hall–Kier alpha value is -2.61. The van der Waals surface area contributed by atoms with Crippen molar-refractivity contribution >= 4 is 23.5 Å². The molecule has 0 radical (unpaired) electrons. The number of fused-ring (bicyclic) bond motifs is 1. The van der Waals surface area contributed by atoms with Crippen LogP contribution in [0.4, 0.5) is 5.69 Å². The van der Waals surface area contributed by atoms with Crippen LogP contribution >= 0.6 is 0 Å². The van der Waals surface area contributed by atoms with Crippen LogP contribution in [0.3, 0.4) is 0 Å². The number of rotatable bonds is 4. The third-order valence-electron chi connectivity index (χ3n) is 4.48. The van der Waals surface area contributed by atoms with Crippen LogP contribution in [0.5, 0.6) is 5.75 Å². The van der Waals surface area contributed by atoms with Crippen molar-refractivity contribution in [2.75, 3.05) is 31.1 Å². The van der Waals surface area contributed by atoms with Crippen molar-refractivity contribution in [2.45, 2.75) is 39.1 Å². The molecule has 0 N–H and O–H groups in total. The number of para-hydroxylation sites is 2. The molecule has 0 aromatic heterocycles. The Kier molecular flexibility index (Phi) is 5.65. The van der Waals surface area contributed by atoms with Crippen LogP contribution in [0.2, 0.25) is 0 Å². The third kappa shape index (κ3) is 4.39. The summed E-state index contributed by atoms with van der Waals surface area (Å²) < 4.78 is 16.3. The van der Waals surface area contributed by atoms with E-state index in [2.05, 4.69) is 0 Å². The van der Waals surface area contributed by atoms with Gasteiger partial charge >= 0.3 is 5.97 Å². The minimum Gasteiger partial charge on any atom is -0.482 e. The highest BCUT2D eigenvalue weighted by atomic mass is 16.5. The molecule has 2 heterocycles. The summed E-state index contributed by atoms with van der Waals surface area (Å²) in [5, 5.41) is 0. The Morgan fingerprint density at radius 3 is 2.59 bits per heavy atom. The first kappa shape index (κ1) is 19.2. The van der Waals surface area contributed by atoms with Gasteiger partial charge in [0.25, 0.3) is 11.8 Å². The number of amides is 2. The number of nitrogens with zero attached hydrogens (tertiary/aromatic N) is 2. The van der Waals surface area contributed by atoms with Gasteiger partial charge in [-0.15, -0.1) is 0 Å². The van der Waals surface area contributed by atoms with Gasteiger partial charge in [-0.25, -0.2) is 0 Å². The van der Waals surface area contributed by atoms with E-state index in [0.717, 1.165) is 0 Å². The highest BCUT2D eigenvalue weighted by molar-refractivity contribution is 6.01. The smallest absolute Gasteiger partial charge is 0.326 e. The van der Waals surface area contributed by atoms with Gasteiger partial charge in [-0.3, -0.25) is 19.3 Å². The Bertz CT molecular complexity index is 727. The van der Waals surface area contributed by atoms with Gasteiger partial charge in [0.2, 0.25) is 0 Å². The number of hydrogen-bond acceptors (Lipinski definition) is 6. The van der Waals surface area contributed by atoms with Crippen LogP contribution in [0, 0.1) is 0 Å². The van der Waals surface area contributed by atoms with Crippen molar-refractivity contribution in [3.05, 3.63) is 24.3 Å². The zero-order chi connectivity index (χ0) is 19.6. The Morgan fingerprint density at radius 2 is 1.89 bits per heavy atom. The van der Waals surface area contributed by atoms with E-state index in [1.165, 1.54) is 4.90 Å². The maximum atomic E-state index is 12.6. The molecule has 0 saturated carbocycles. The van der Waals surface area contributed by atoms with Crippen molar-refractivity contribution in [1.82, 2.24) is 4.90 Å². The van der Waals surface area contributed by atoms with Gasteiger partial charge in [-0.2, -0.15) is 0 Å². The van der Waals surface area contributed by atoms with Crippen molar-refractivity contribution in [3.8, 4) is 5.75 Å². The fraction of sp³-hybridized carbons (Fsp3) is 0.526. The van der Waals surface area contributed by atoms with E-state index >= 15 is 0 Å². The molecule has 27 heavy (non-hydrogen) atoms. The summed E-state index contributed by atoms with van der Waals surface area (Å²) in [5.74, 6) is -0.708. The second kappa shape index (κ2) is 7.96. The largest absolute Gasteiger partial charge is 0.482 e. The summed E-state index contributed by atoms with van der Waals surface area (Å²) in [7, 11) is 0. The second-order valence-electron chi connectivity index (χ2n) is 6.87. The molecule has 2 aliphatic heterocycles. The number of carbonyl (C=O) groups is 3. The maximum absolute atomic E-state index is 12.6. The second-order valence-corrected chi connectivity index (χ2v) is 6.87. The summed E-state index contributed by atoms with van der Waals surface area (Å²) in [6.07, 6.45) is -1.06. The molecule has 1 fully saturated rings. The van der Waals surface area contributed by atoms with E-state index in [4.69, 9.17) is 14.2 Å². The average molecular weight is 376 g/mol. The predicted octanol–water partition coefficient (Wildman–Crippen LogP) is 0.980. The number of morpholine rings is 1. The lowest BCUT2D eigenvalue weighted by Gasteiger charge is -2.36. The number of hydrogen-bond donors (Lipinski definition) is 0. The highest BCUT2D eigenvalue weighted by Gasteiger charge is 2.32. The standard InChI is InChI=1S/C19H24N2O6/c1-12-8-20(9-13(2)26-12)19(24)14(3)27-18(23)10-21-15-6-4-5-7-16(15)25-11-17(21)22/h4-7,12-14H,8-11H2,1-3H3. The zero-order valence-electron chi connectivity index (χ0n) is 15.7. The summed E-state index contributed by atoms with van der Waals surface area (Å²) >= 11 is 0. The molecule has 8 nitrogen and oxygen atoms in total. The Balaban J connectivity index is 1.60. The Morgan fingerprint density at radius 1 is 1.22 bits per heavy atom. The summed E-state index contributed by atoms with van der Waals surface area (Å²) in [5.41, 5.74) is 0.514. The normalized spacial score (nSPS) is 23.3. The molecule has 2 aliphatic rings. The molecule has 8 heteroatoms. The topological polar surface area (TPSA) is 85.4 Å². The van der Waals surface area contributed by atoms with E-state index < -0.39 is 12.1 Å². The highest BCUT2D eigenvalue weighted by Crippen LogP contribution is 2.31. The maximum Gasteiger partial charge on any atom is 0.326 e. The van der Waals surface area contributed by atoms with Crippen LogP contribution in [0.15, 0.2) is 24.3 Å². The predicted molar refractivity (Wildman–Crippen MR) is 96.4 cm³/mol. The van der Waals surface area contributed by atoms with Crippen LogP contribution < -0.4 is 9.64 Å². The van der Waals surface area contributed by atoms with Crippen LogP contribution in [-0.4, -0.2) is 67.2 Å². The lowest BCUT2D eigenvalue weighted by molar-refractivity contribution is -0.163. The van der Waals surface area contributed by atoms with Gasteiger partial charge in [0.15, 0.2) is 12.7 Å². The van der Waals surface area contributed by atoms with Crippen molar-refractivity contribution < 1.29 is 28.6 Å². The van der Waals surface area contributed by atoms with Gasteiger partial charge in [0, 0.05) is 13.1 Å². The molecule has 1 aromatic carbocycles. The lowest BCUT2D eigenvalue weighted by Crippen LogP contribution is -2.52. The van der Waals surface area contributed by atoms with Crippen molar-refractivity contribution in [2.24, 2.45) is 0 Å². The molecule has 3 atom stereocenters. The lowest BCUT2D eigenvalue weighted by atomic mass is 10.2. The SMILES string of the molecule is CC1CN(C(=O)C(C)OC(=O)CN2C(=O)COc3ccccc32)CC(C)O1. The van der Waals surface area contributed by atoms with E-state index in [1.807, 2.05) is 13.8 Å². The van der Waals surface area contributed by atoms with Gasteiger partial charge in [-0.1, -0.05) is 12.1 Å². The van der Waals surface area contributed by atoms with E-state index in [9.17, 15) is 14.4 Å². The van der Waals surface area contributed by atoms with Gasteiger partial charge in [0.1, 0.15) is 12.3 Å². The van der Waals surface area contributed by atoms with E-state index in [-0.39, 0.29) is 37.2 Å². The van der Waals surface area contributed by atoms with Crippen LogP contribution in [-0.2, 0) is 23.9 Å². The summed E-state index contributed by atoms with van der Waals surface area (Å²) in [6, 6.07) is 6.97. The molecule has 2 amide bonds. The van der Waals surface area contributed by atoms with Crippen LogP contribution in [0.1, 0.15) is 20.8 Å². The average Bonchev–Trinajstić information content (AvgIpc) is 2.62. The molecule has 0 bridgehead atoms. The number of anilines is 1. The van der Waals surface area contributed by atoms with Crippen LogP contribution in [0.25, 0.3) is 0 Å². The molecule has 1 saturated heterocycles. The van der Waals surface area contributed by atoms with Gasteiger partial charge < -0.3 is 19.1 Å². The minimum atomic E-state index is -0.929. The molecule has 146 valence electrons. The van der Waals surface area contributed by atoms with Crippen molar-refractivity contribution in [1.29, 1.82) is 0 Å². The van der Waals surface area contributed by atoms with E-state index in [1.54, 1.807) is 36.1 Å². The monoisotopic (exact) mass is 376 g/mol. The van der Waals surface area contributed by atoms with E-state index in [0.29, 0.717) is 24.5 Å². The molecular formula is C19H24N2O6. The quantitative estimate of drug-likeness (QED) is 0.729. The summed E-state index contributed by atoms with van der Waals surface area (Å²) in [4.78, 5) is 40.0. The van der Waals surface area contributed by atoms with Gasteiger partial charge in [0.05, 0.1) is 17.9 Å².